The molecule has 0 atom stereocenters. The largest absolute Gasteiger partial charge is 0.508 e. The van der Waals surface area contributed by atoms with Gasteiger partial charge in [0.25, 0.3) is 0 Å². The van der Waals surface area contributed by atoms with Gasteiger partial charge in [-0.25, -0.2) is 4.98 Å². The van der Waals surface area contributed by atoms with Gasteiger partial charge in [0.2, 0.25) is 0 Å². The first-order chi connectivity index (χ1) is 14.1. The standard InChI is InChI=1S/C25H19NO3/c1-29-21-12-8-17(9-13-21)22-16-19-4-2-3-5-23(19)26-24(22)14-15-25(28)18-6-10-20(27)11-7-18/h2-16,27H,1H3/b15-14+. The quantitative estimate of drug-likeness (QED) is 0.366. The number of phenolic OH excluding ortho intramolecular Hbond substituents is 1. The molecule has 1 aromatic heterocycles. The summed E-state index contributed by atoms with van der Waals surface area (Å²) in [5, 5.41) is 10.4. The summed E-state index contributed by atoms with van der Waals surface area (Å²) < 4.78 is 5.25. The Kier molecular flexibility index (Phi) is 5.08. The summed E-state index contributed by atoms with van der Waals surface area (Å²) in [6.07, 6.45) is 3.25. The Labute approximate surface area is 168 Å². The number of hydrogen-bond acceptors (Lipinski definition) is 4. The van der Waals surface area contributed by atoms with Crippen molar-refractivity contribution in [1.29, 1.82) is 0 Å². The van der Waals surface area contributed by atoms with E-state index in [0.717, 1.165) is 27.8 Å². The number of fused-ring (bicyclic) bond motifs is 1. The highest BCUT2D eigenvalue weighted by Gasteiger charge is 2.09. The van der Waals surface area contributed by atoms with Gasteiger partial charge < -0.3 is 9.84 Å². The fourth-order valence-electron chi connectivity index (χ4n) is 3.14. The molecule has 0 spiro atoms. The highest BCUT2D eigenvalue weighted by molar-refractivity contribution is 6.07. The average molecular weight is 381 g/mol. The van der Waals surface area contributed by atoms with Crippen LogP contribution in [0.25, 0.3) is 28.1 Å². The third kappa shape index (κ3) is 4.01. The summed E-state index contributed by atoms with van der Waals surface area (Å²) in [5.41, 5.74) is 4.00. The van der Waals surface area contributed by atoms with Gasteiger partial charge in [0.15, 0.2) is 5.78 Å². The lowest BCUT2D eigenvalue weighted by molar-refractivity contribution is 0.104. The van der Waals surface area contributed by atoms with Crippen molar-refractivity contribution in [3.8, 4) is 22.6 Å². The molecule has 0 aliphatic heterocycles. The molecule has 142 valence electrons. The van der Waals surface area contributed by atoms with Gasteiger partial charge in [-0.1, -0.05) is 30.3 Å². The van der Waals surface area contributed by atoms with Crippen LogP contribution in [0, 0.1) is 0 Å². The van der Waals surface area contributed by atoms with E-state index < -0.39 is 0 Å². The summed E-state index contributed by atoms with van der Waals surface area (Å²) in [4.78, 5) is 17.3. The molecule has 0 saturated carbocycles. The number of ketones is 1. The van der Waals surface area contributed by atoms with E-state index in [-0.39, 0.29) is 11.5 Å². The van der Waals surface area contributed by atoms with Crippen LogP contribution in [0.2, 0.25) is 0 Å². The van der Waals surface area contributed by atoms with E-state index in [0.29, 0.717) is 11.3 Å². The molecule has 4 heteroatoms. The zero-order valence-corrected chi connectivity index (χ0v) is 15.9. The third-order valence-electron chi connectivity index (χ3n) is 4.70. The number of carbonyl (C=O) groups excluding carboxylic acids is 1. The van der Waals surface area contributed by atoms with Crippen molar-refractivity contribution in [3.05, 3.63) is 96.2 Å². The molecule has 29 heavy (non-hydrogen) atoms. The number of benzene rings is 3. The smallest absolute Gasteiger partial charge is 0.185 e. The Morgan fingerprint density at radius 1 is 0.966 bits per heavy atom. The number of hydrogen-bond donors (Lipinski definition) is 1. The maximum atomic E-state index is 12.5. The monoisotopic (exact) mass is 381 g/mol. The van der Waals surface area contributed by atoms with Crippen LogP contribution in [-0.2, 0) is 0 Å². The fourth-order valence-corrected chi connectivity index (χ4v) is 3.14. The number of carbonyl (C=O) groups is 1. The Morgan fingerprint density at radius 2 is 1.69 bits per heavy atom. The predicted molar refractivity (Wildman–Crippen MR) is 115 cm³/mol. The Balaban J connectivity index is 1.76. The van der Waals surface area contributed by atoms with Crippen LogP contribution in [0.5, 0.6) is 11.5 Å². The van der Waals surface area contributed by atoms with Gasteiger partial charge in [0.05, 0.1) is 18.3 Å². The van der Waals surface area contributed by atoms with Crippen LogP contribution in [0.15, 0.2) is 84.9 Å². The van der Waals surface area contributed by atoms with Crippen molar-refractivity contribution in [1.82, 2.24) is 4.98 Å². The SMILES string of the molecule is COc1ccc(-c2cc3ccccc3nc2/C=C/C(=O)c2ccc(O)cc2)cc1. The molecule has 4 rings (SSSR count). The first kappa shape index (κ1) is 18.4. The molecule has 0 amide bonds. The number of allylic oxidation sites excluding steroid dienone is 1. The Morgan fingerprint density at radius 3 is 2.41 bits per heavy atom. The summed E-state index contributed by atoms with van der Waals surface area (Å²) in [7, 11) is 1.63. The number of ether oxygens (including phenoxy) is 1. The molecule has 4 nitrogen and oxygen atoms in total. The lowest BCUT2D eigenvalue weighted by Gasteiger charge is -2.09. The van der Waals surface area contributed by atoms with E-state index in [4.69, 9.17) is 9.72 Å². The van der Waals surface area contributed by atoms with Gasteiger partial charge >= 0.3 is 0 Å². The zero-order valence-electron chi connectivity index (χ0n) is 15.9. The number of methoxy groups -OCH3 is 1. The number of phenols is 1. The van der Waals surface area contributed by atoms with Gasteiger partial charge in [-0.05, 0) is 66.2 Å². The molecule has 3 aromatic carbocycles. The van der Waals surface area contributed by atoms with Crippen LogP contribution >= 0.6 is 0 Å². The highest BCUT2D eigenvalue weighted by atomic mass is 16.5. The molecule has 0 unspecified atom stereocenters. The van der Waals surface area contributed by atoms with Gasteiger partial charge in [-0.3, -0.25) is 4.79 Å². The minimum absolute atomic E-state index is 0.128. The lowest BCUT2D eigenvalue weighted by Crippen LogP contribution is -1.95. The molecular weight excluding hydrogens is 362 g/mol. The van der Waals surface area contributed by atoms with E-state index in [9.17, 15) is 9.90 Å². The first-order valence-corrected chi connectivity index (χ1v) is 9.20. The molecule has 1 heterocycles. The number of aromatic nitrogens is 1. The number of pyridine rings is 1. The van der Waals surface area contributed by atoms with Gasteiger partial charge in [-0.2, -0.15) is 0 Å². The fraction of sp³-hybridized carbons (Fsp3) is 0.0400. The lowest BCUT2D eigenvalue weighted by atomic mass is 10.0. The van der Waals surface area contributed by atoms with Crippen LogP contribution < -0.4 is 4.74 Å². The maximum Gasteiger partial charge on any atom is 0.185 e. The number of aromatic hydroxyl groups is 1. The molecule has 0 saturated heterocycles. The third-order valence-corrected chi connectivity index (χ3v) is 4.70. The second-order valence-corrected chi connectivity index (χ2v) is 6.59. The molecule has 0 aliphatic carbocycles. The maximum absolute atomic E-state index is 12.5. The molecule has 0 fully saturated rings. The Bertz CT molecular complexity index is 1190. The second-order valence-electron chi connectivity index (χ2n) is 6.59. The van der Waals surface area contributed by atoms with Crippen molar-refractivity contribution in [3.63, 3.8) is 0 Å². The number of para-hydroxylation sites is 1. The minimum atomic E-state index is -0.152. The number of nitrogens with zero attached hydrogens (tertiary/aromatic N) is 1. The summed E-state index contributed by atoms with van der Waals surface area (Å²) >= 11 is 0. The van der Waals surface area contributed by atoms with Gasteiger partial charge in [0, 0.05) is 16.5 Å². The second kappa shape index (κ2) is 7.98. The molecular formula is C25H19NO3. The van der Waals surface area contributed by atoms with Crippen LogP contribution in [-0.4, -0.2) is 23.0 Å². The van der Waals surface area contributed by atoms with E-state index >= 15 is 0 Å². The van der Waals surface area contributed by atoms with Crippen molar-refractivity contribution in [2.45, 2.75) is 0 Å². The predicted octanol–water partition coefficient (Wildman–Crippen LogP) is 5.51. The van der Waals surface area contributed by atoms with E-state index in [1.807, 2.05) is 48.5 Å². The van der Waals surface area contributed by atoms with E-state index in [1.165, 1.54) is 18.2 Å². The summed E-state index contributed by atoms with van der Waals surface area (Å²) in [6, 6.07) is 23.9. The summed E-state index contributed by atoms with van der Waals surface area (Å²) in [6.45, 7) is 0. The van der Waals surface area contributed by atoms with Crippen molar-refractivity contribution in [2.24, 2.45) is 0 Å². The van der Waals surface area contributed by atoms with Crippen molar-refractivity contribution in [2.75, 3.05) is 7.11 Å². The molecule has 0 aliphatic rings. The molecule has 1 N–H and O–H groups in total. The van der Waals surface area contributed by atoms with Crippen LogP contribution in [0.3, 0.4) is 0 Å². The van der Waals surface area contributed by atoms with Gasteiger partial charge in [0.1, 0.15) is 11.5 Å². The van der Waals surface area contributed by atoms with Crippen molar-refractivity contribution < 1.29 is 14.6 Å². The van der Waals surface area contributed by atoms with E-state index in [2.05, 4.69) is 6.07 Å². The first-order valence-electron chi connectivity index (χ1n) is 9.20. The van der Waals surface area contributed by atoms with Crippen molar-refractivity contribution >= 4 is 22.8 Å². The molecule has 0 radical (unpaired) electrons. The van der Waals surface area contributed by atoms with Crippen LogP contribution in [0.1, 0.15) is 16.1 Å². The summed E-state index contributed by atoms with van der Waals surface area (Å²) in [5.74, 6) is 0.756. The van der Waals surface area contributed by atoms with E-state index in [1.54, 1.807) is 25.3 Å². The normalized spacial score (nSPS) is 11.1. The highest BCUT2D eigenvalue weighted by Crippen LogP contribution is 2.29. The van der Waals surface area contributed by atoms with Crippen LogP contribution in [0.4, 0.5) is 0 Å². The zero-order chi connectivity index (χ0) is 20.2. The average Bonchev–Trinajstić information content (AvgIpc) is 2.77. The topological polar surface area (TPSA) is 59.4 Å². The Hall–Kier alpha value is -3.92. The van der Waals surface area contributed by atoms with Gasteiger partial charge in [-0.15, -0.1) is 0 Å². The number of rotatable bonds is 5. The minimum Gasteiger partial charge on any atom is -0.508 e. The molecule has 0 bridgehead atoms. The molecule has 4 aromatic rings.